The molecule has 49 heavy (non-hydrogen) atoms. The van der Waals surface area contributed by atoms with Gasteiger partial charge in [-0.1, -0.05) is 29.1 Å². The van der Waals surface area contributed by atoms with Crippen LogP contribution in [0, 0.1) is 0 Å². The molecule has 2 aliphatic rings. The average molecular weight is 719 g/mol. The number of anilines is 4. The molecule has 4 aromatic heterocycles. The van der Waals surface area contributed by atoms with Crippen molar-refractivity contribution in [2.75, 3.05) is 60.0 Å². The van der Waals surface area contributed by atoms with E-state index in [4.69, 9.17) is 0 Å². The number of nitrogens with zero attached hydrogens (tertiary/aromatic N) is 8. The first-order valence-corrected chi connectivity index (χ1v) is 17.5. The summed E-state index contributed by atoms with van der Waals surface area (Å²) in [6.45, 7) is -1.74. The first-order valence-electron chi connectivity index (χ1n) is 15.8. The molecule has 6 rings (SSSR count). The lowest BCUT2D eigenvalue weighted by Crippen LogP contribution is -2.56. The van der Waals surface area contributed by atoms with Gasteiger partial charge in [0.15, 0.2) is 0 Å². The van der Waals surface area contributed by atoms with E-state index < -0.39 is 19.3 Å². The van der Waals surface area contributed by atoms with E-state index in [-0.39, 0.29) is 62.7 Å². The van der Waals surface area contributed by atoms with Crippen LogP contribution in [-0.4, -0.2) is 87.6 Å². The summed E-state index contributed by atoms with van der Waals surface area (Å²) < 4.78 is 51.9. The number of carbonyl (C=O) groups excluding carboxylic acids is 2. The molecule has 2 amide bonds. The molecule has 1 aliphatic carbocycles. The summed E-state index contributed by atoms with van der Waals surface area (Å²) in [7, 11) is 0. The van der Waals surface area contributed by atoms with Crippen LogP contribution in [0.5, 0.6) is 0 Å². The van der Waals surface area contributed by atoms with Gasteiger partial charge in [-0.2, -0.15) is 0 Å². The van der Waals surface area contributed by atoms with Crippen molar-refractivity contribution in [3.63, 3.8) is 0 Å². The highest BCUT2D eigenvalue weighted by Gasteiger charge is 2.44. The molecule has 18 heteroatoms. The van der Waals surface area contributed by atoms with Crippen LogP contribution in [0.25, 0.3) is 0 Å². The Kier molecular flexibility index (Phi) is 10.9. The summed E-state index contributed by atoms with van der Waals surface area (Å²) in [4.78, 5) is 36.9. The zero-order valence-electron chi connectivity index (χ0n) is 26.3. The van der Waals surface area contributed by atoms with Gasteiger partial charge in [0.05, 0.1) is 49.7 Å². The summed E-state index contributed by atoms with van der Waals surface area (Å²) in [5.41, 5.74) is 2.21. The van der Waals surface area contributed by atoms with Crippen molar-refractivity contribution >= 4 is 56.1 Å². The molecule has 0 aromatic carbocycles. The first-order chi connectivity index (χ1) is 23.7. The lowest BCUT2D eigenvalue weighted by Gasteiger charge is -2.40. The van der Waals surface area contributed by atoms with Gasteiger partial charge in [-0.25, -0.2) is 17.6 Å². The van der Waals surface area contributed by atoms with Gasteiger partial charge >= 0.3 is 0 Å². The summed E-state index contributed by atoms with van der Waals surface area (Å²) in [6, 6.07) is 6.70. The predicted molar refractivity (Wildman–Crippen MR) is 178 cm³/mol. The summed E-state index contributed by atoms with van der Waals surface area (Å²) >= 11 is 2.66. The Balaban J connectivity index is 0.971. The predicted octanol–water partition coefficient (Wildman–Crippen LogP) is 5.18. The van der Waals surface area contributed by atoms with E-state index in [0.29, 0.717) is 33.0 Å². The van der Waals surface area contributed by atoms with E-state index in [0.717, 1.165) is 35.7 Å². The van der Waals surface area contributed by atoms with Crippen LogP contribution in [0.2, 0.25) is 0 Å². The average Bonchev–Trinajstić information content (AvgIpc) is 3.74. The first kappa shape index (κ1) is 34.5. The van der Waals surface area contributed by atoms with E-state index in [1.807, 2.05) is 0 Å². The minimum atomic E-state index is -2.67. The second-order valence-electron chi connectivity index (χ2n) is 12.0. The number of hydrogen-bond donors (Lipinski definition) is 2. The molecule has 0 radical (unpaired) electrons. The van der Waals surface area contributed by atoms with Gasteiger partial charge in [-0.15, -0.1) is 20.4 Å². The molecule has 260 valence electrons. The van der Waals surface area contributed by atoms with Gasteiger partial charge in [0.1, 0.15) is 23.4 Å². The quantitative estimate of drug-likeness (QED) is 0.168. The van der Waals surface area contributed by atoms with E-state index in [1.165, 1.54) is 40.0 Å². The molecular weight excluding hydrogens is 685 g/mol. The molecule has 0 bridgehead atoms. The van der Waals surface area contributed by atoms with Crippen LogP contribution in [0.3, 0.4) is 0 Å². The molecule has 2 fully saturated rings. The van der Waals surface area contributed by atoms with Crippen LogP contribution in [0.1, 0.15) is 58.9 Å². The number of hydrogen-bond acceptors (Lipinski definition) is 12. The highest BCUT2D eigenvalue weighted by atomic mass is 32.1. The fraction of sp³-hybridized carbons (Fsp3) is 0.484. The van der Waals surface area contributed by atoms with E-state index in [2.05, 4.69) is 41.0 Å². The summed E-state index contributed by atoms with van der Waals surface area (Å²) in [5.74, 6) is -3.01. The topological polar surface area (TPSA) is 142 Å². The smallest absolute Gasteiger partial charge is 0.282 e. The largest absolute Gasteiger partial charge is 0.365 e. The Hall–Kier alpha value is -4.32. The number of pyridine rings is 2. The van der Waals surface area contributed by atoms with Crippen molar-refractivity contribution < 1.29 is 27.2 Å². The van der Waals surface area contributed by atoms with Gasteiger partial charge in [-0.3, -0.25) is 19.6 Å². The number of carbonyl (C=O) groups is 2. The Morgan fingerprint density at radius 3 is 1.84 bits per heavy atom. The number of amides is 2. The molecule has 0 spiro atoms. The highest BCUT2D eigenvalue weighted by Crippen LogP contribution is 2.43. The maximum atomic E-state index is 13.1. The number of rotatable bonds is 14. The van der Waals surface area contributed by atoms with Crippen molar-refractivity contribution in [1.82, 2.24) is 30.4 Å². The molecule has 0 unspecified atom stereocenters. The van der Waals surface area contributed by atoms with Crippen molar-refractivity contribution in [2.24, 2.45) is 0 Å². The van der Waals surface area contributed by atoms with Gasteiger partial charge < -0.3 is 20.4 Å². The van der Waals surface area contributed by atoms with Crippen molar-refractivity contribution in [2.45, 2.75) is 56.3 Å². The number of nitrogens with one attached hydrogen (secondary N) is 2. The molecule has 12 nitrogen and oxygen atoms in total. The second kappa shape index (κ2) is 15.5. The molecule has 1 saturated heterocycles. The molecular formula is C31H34F4N10O2S2. The molecule has 1 aliphatic heterocycles. The van der Waals surface area contributed by atoms with Crippen LogP contribution < -0.4 is 20.4 Å². The fourth-order valence-corrected chi connectivity index (χ4v) is 7.69. The van der Waals surface area contributed by atoms with Gasteiger partial charge in [0.25, 0.3) is 5.92 Å². The number of aromatic nitrogens is 6. The molecule has 4 aromatic rings. The maximum Gasteiger partial charge on any atom is 0.282 e. The highest BCUT2D eigenvalue weighted by molar-refractivity contribution is 7.15. The SMILES string of the molecule is O=C(Cc1ccc(N(CCF)CCF)cn1)Nc1nnc([C@H]2CCC[C@H](c3nnc(NC(=O)Cc4ccc(N5CC(F)(F)C5)cn4)s3)C2)s1. The van der Waals surface area contributed by atoms with Crippen molar-refractivity contribution in [1.29, 1.82) is 0 Å². The second-order valence-corrected chi connectivity index (χ2v) is 14.0. The van der Waals surface area contributed by atoms with Gasteiger partial charge in [0.2, 0.25) is 22.1 Å². The Bertz CT molecular complexity index is 1710. The van der Waals surface area contributed by atoms with Crippen molar-refractivity contribution in [3.8, 4) is 0 Å². The number of halogens is 4. The molecule has 2 atom stereocenters. The minimum Gasteiger partial charge on any atom is -0.365 e. The van der Waals surface area contributed by atoms with Crippen LogP contribution in [-0.2, 0) is 22.4 Å². The third-order valence-corrected chi connectivity index (χ3v) is 10.3. The monoisotopic (exact) mass is 718 g/mol. The van der Waals surface area contributed by atoms with Gasteiger partial charge in [0, 0.05) is 36.3 Å². The molecule has 1 saturated carbocycles. The third kappa shape index (κ3) is 9.03. The van der Waals surface area contributed by atoms with Crippen LogP contribution in [0.4, 0.5) is 39.2 Å². The Morgan fingerprint density at radius 2 is 1.37 bits per heavy atom. The zero-order valence-corrected chi connectivity index (χ0v) is 28.0. The maximum absolute atomic E-state index is 13.1. The molecule has 5 heterocycles. The Morgan fingerprint density at radius 1 is 0.816 bits per heavy atom. The third-order valence-electron chi connectivity index (χ3n) is 8.33. The van der Waals surface area contributed by atoms with E-state index in [1.54, 1.807) is 29.2 Å². The molecule has 2 N–H and O–H groups in total. The fourth-order valence-electron chi connectivity index (χ4n) is 5.88. The normalized spacial score (nSPS) is 18.5. The van der Waals surface area contributed by atoms with Gasteiger partial charge in [-0.05, 0) is 43.5 Å². The Labute approximate surface area is 287 Å². The summed E-state index contributed by atoms with van der Waals surface area (Å²) in [5, 5.41) is 25.0. The summed E-state index contributed by atoms with van der Waals surface area (Å²) in [6.07, 6.45) is 6.60. The van der Waals surface area contributed by atoms with Crippen molar-refractivity contribution in [3.05, 3.63) is 58.1 Å². The zero-order chi connectivity index (χ0) is 34.4. The van der Waals surface area contributed by atoms with E-state index >= 15 is 0 Å². The lowest BCUT2D eigenvalue weighted by atomic mass is 9.82. The van der Waals surface area contributed by atoms with Crippen LogP contribution >= 0.6 is 22.7 Å². The lowest BCUT2D eigenvalue weighted by molar-refractivity contribution is -0.116. The number of alkyl halides is 4. The minimum absolute atomic E-state index is 0.00805. The van der Waals surface area contributed by atoms with Crippen LogP contribution in [0.15, 0.2) is 36.7 Å². The van der Waals surface area contributed by atoms with E-state index in [9.17, 15) is 27.2 Å². The standard InChI is InChI=1S/C31H34F4N10O2S2/c32-8-10-44(11-9-33)23-6-4-21(36-15-23)13-25(46)38-29-42-40-27(48-29)19-2-1-3-20(12-19)28-41-43-30(49-28)39-26(47)14-22-5-7-24(16-37-22)45-17-31(34,35)18-45/h4-7,15-16,19-20H,1-3,8-14,17-18H2,(H,38,42,46)(H,39,43,47)/t19-,20-/m0/s1.